The van der Waals surface area contributed by atoms with Crippen LogP contribution in [0.25, 0.3) is 0 Å². The zero-order chi connectivity index (χ0) is 25.0. The molecule has 0 bridgehead atoms. The van der Waals surface area contributed by atoms with Gasteiger partial charge in [-0.1, -0.05) is 54.4 Å². The van der Waals surface area contributed by atoms with Gasteiger partial charge in [0.15, 0.2) is 0 Å². The first kappa shape index (κ1) is 26.5. The fourth-order valence-electron chi connectivity index (χ4n) is 4.19. The fourth-order valence-corrected chi connectivity index (χ4v) is 4.51. The van der Waals surface area contributed by atoms with Gasteiger partial charge >= 0.3 is 5.97 Å². The van der Waals surface area contributed by atoms with Crippen LogP contribution in [0.4, 0.5) is 0 Å². The number of esters is 1. The lowest BCUT2D eigenvalue weighted by molar-refractivity contribution is -0.188. The highest BCUT2D eigenvalue weighted by Crippen LogP contribution is 2.44. The number of ether oxygens (including phenoxy) is 2. The molecule has 3 rings (SSSR count). The summed E-state index contributed by atoms with van der Waals surface area (Å²) in [7, 11) is 0. The molecule has 1 saturated heterocycles. The Labute approximate surface area is 210 Å². The van der Waals surface area contributed by atoms with Crippen molar-refractivity contribution >= 4 is 35.1 Å². The summed E-state index contributed by atoms with van der Waals surface area (Å²) in [5, 5.41) is 11.2. The first-order valence-corrected chi connectivity index (χ1v) is 12.1. The number of hydrogen-bond acceptors (Lipinski definition) is 5. The van der Waals surface area contributed by atoms with E-state index in [-0.39, 0.29) is 18.9 Å². The molecule has 1 heterocycles. The molecule has 1 N–H and O–H groups in total. The zero-order valence-electron chi connectivity index (χ0n) is 19.8. The van der Waals surface area contributed by atoms with Crippen LogP contribution in [0.5, 0.6) is 0 Å². The fraction of sp³-hybridized carbons (Fsp3) is 0.462. The summed E-state index contributed by atoms with van der Waals surface area (Å²) in [6.45, 7) is 6.98. The maximum atomic E-state index is 13.7. The number of aliphatic hydroxyl groups excluding tert-OH is 1. The highest BCUT2D eigenvalue weighted by atomic mass is 35.5. The first-order valence-electron chi connectivity index (χ1n) is 11.3. The molecule has 2 aromatic rings. The maximum absolute atomic E-state index is 13.7. The molecule has 1 aliphatic rings. The largest absolute Gasteiger partial charge is 0.460 e. The van der Waals surface area contributed by atoms with Crippen LogP contribution in [0, 0.1) is 0 Å². The van der Waals surface area contributed by atoms with Crippen LogP contribution in [-0.4, -0.2) is 46.2 Å². The van der Waals surface area contributed by atoms with E-state index in [2.05, 4.69) is 0 Å². The number of benzene rings is 2. The van der Waals surface area contributed by atoms with Crippen LogP contribution in [-0.2, 0) is 19.1 Å². The SMILES string of the molecule is CCC(CO)N1C(=O)[C@H](CC(=O)OC(C)(C)C)O[C@H](c2cccc(Cl)c2)[C@H]1c1ccc(Cl)cc1. The quantitative estimate of drug-likeness (QED) is 0.500. The summed E-state index contributed by atoms with van der Waals surface area (Å²) in [5.41, 5.74) is 0.862. The number of hydrogen-bond donors (Lipinski definition) is 1. The van der Waals surface area contributed by atoms with Gasteiger partial charge in [-0.25, -0.2) is 0 Å². The number of aliphatic hydroxyl groups is 1. The highest BCUT2D eigenvalue weighted by Gasteiger charge is 2.47. The summed E-state index contributed by atoms with van der Waals surface area (Å²) in [6, 6.07) is 13.4. The summed E-state index contributed by atoms with van der Waals surface area (Å²) in [6.07, 6.45) is -1.42. The van der Waals surface area contributed by atoms with Crippen LogP contribution in [0.15, 0.2) is 48.5 Å². The van der Waals surface area contributed by atoms with E-state index >= 15 is 0 Å². The Bertz CT molecular complexity index is 1000. The minimum absolute atomic E-state index is 0.228. The Balaban J connectivity index is 2.09. The summed E-state index contributed by atoms with van der Waals surface area (Å²) < 4.78 is 11.8. The van der Waals surface area contributed by atoms with Gasteiger partial charge in [0.2, 0.25) is 0 Å². The molecule has 2 aromatic carbocycles. The van der Waals surface area contributed by atoms with Crippen LogP contribution in [0.3, 0.4) is 0 Å². The lowest BCUT2D eigenvalue weighted by Crippen LogP contribution is -2.56. The van der Waals surface area contributed by atoms with Crippen molar-refractivity contribution in [2.45, 2.75) is 70.4 Å². The van der Waals surface area contributed by atoms with Crippen molar-refractivity contribution in [3.05, 3.63) is 69.7 Å². The Morgan fingerprint density at radius 1 is 1.12 bits per heavy atom. The van der Waals surface area contributed by atoms with E-state index in [1.54, 1.807) is 49.9 Å². The normalized spacial score (nSPS) is 21.9. The smallest absolute Gasteiger partial charge is 0.309 e. The lowest BCUT2D eigenvalue weighted by Gasteiger charge is -2.47. The van der Waals surface area contributed by atoms with Gasteiger partial charge in [0.25, 0.3) is 5.91 Å². The summed E-state index contributed by atoms with van der Waals surface area (Å²) in [4.78, 5) is 28.0. The molecule has 8 heteroatoms. The average Bonchev–Trinajstić information content (AvgIpc) is 2.76. The molecule has 0 saturated carbocycles. The molecule has 0 spiro atoms. The molecule has 1 fully saturated rings. The molecular formula is C26H31Cl2NO5. The van der Waals surface area contributed by atoms with E-state index in [9.17, 15) is 14.7 Å². The van der Waals surface area contributed by atoms with Crippen molar-refractivity contribution in [1.29, 1.82) is 0 Å². The van der Waals surface area contributed by atoms with E-state index < -0.39 is 35.9 Å². The molecule has 0 aromatic heterocycles. The molecule has 1 aliphatic heterocycles. The standard InChI is InChI=1S/C26H31Cl2NO5/c1-5-20(15-30)29-23(16-9-11-18(27)12-10-16)24(17-7-6-8-19(28)13-17)33-21(25(29)32)14-22(31)34-26(2,3)4/h6-13,20-21,23-24,30H,5,14-15H2,1-4H3/t20?,21-,23+,24+/m0/s1. The van der Waals surface area contributed by atoms with E-state index in [0.717, 1.165) is 11.1 Å². The van der Waals surface area contributed by atoms with Crippen molar-refractivity contribution < 1.29 is 24.2 Å². The van der Waals surface area contributed by atoms with Crippen molar-refractivity contribution in [2.75, 3.05) is 6.61 Å². The zero-order valence-corrected chi connectivity index (χ0v) is 21.3. The van der Waals surface area contributed by atoms with E-state index in [1.807, 2.05) is 31.2 Å². The second kappa shape index (κ2) is 11.1. The van der Waals surface area contributed by atoms with Gasteiger partial charge in [0.05, 0.1) is 25.1 Å². The Morgan fingerprint density at radius 2 is 1.79 bits per heavy atom. The van der Waals surface area contributed by atoms with Crippen molar-refractivity contribution in [1.82, 2.24) is 4.90 Å². The molecule has 4 atom stereocenters. The molecule has 1 unspecified atom stereocenters. The van der Waals surface area contributed by atoms with E-state index in [0.29, 0.717) is 16.5 Å². The monoisotopic (exact) mass is 507 g/mol. The molecular weight excluding hydrogens is 477 g/mol. The van der Waals surface area contributed by atoms with Crippen LogP contribution < -0.4 is 0 Å². The molecule has 1 amide bonds. The van der Waals surface area contributed by atoms with Crippen molar-refractivity contribution in [3.63, 3.8) is 0 Å². The Kier molecular flexibility index (Phi) is 8.63. The third-order valence-electron chi connectivity index (χ3n) is 5.66. The molecule has 34 heavy (non-hydrogen) atoms. The van der Waals surface area contributed by atoms with Gasteiger partial charge < -0.3 is 19.5 Å². The number of carbonyl (C=O) groups excluding carboxylic acids is 2. The molecule has 0 aliphatic carbocycles. The van der Waals surface area contributed by atoms with Gasteiger partial charge in [-0.15, -0.1) is 0 Å². The van der Waals surface area contributed by atoms with Gasteiger partial charge in [-0.3, -0.25) is 9.59 Å². The van der Waals surface area contributed by atoms with Crippen LogP contribution in [0.2, 0.25) is 10.0 Å². The molecule has 184 valence electrons. The van der Waals surface area contributed by atoms with Gasteiger partial charge in [-0.2, -0.15) is 0 Å². The topological polar surface area (TPSA) is 76.1 Å². The number of nitrogens with zero attached hydrogens (tertiary/aromatic N) is 1. The van der Waals surface area contributed by atoms with E-state index in [1.165, 1.54) is 0 Å². The number of carbonyl (C=O) groups is 2. The second-order valence-corrected chi connectivity index (χ2v) is 10.3. The number of rotatable bonds is 7. The lowest BCUT2D eigenvalue weighted by atomic mass is 9.89. The maximum Gasteiger partial charge on any atom is 0.309 e. The third kappa shape index (κ3) is 6.30. The van der Waals surface area contributed by atoms with Crippen LogP contribution in [0.1, 0.15) is 63.8 Å². The number of morpholine rings is 1. The molecule has 6 nitrogen and oxygen atoms in total. The van der Waals surface area contributed by atoms with Gasteiger partial charge in [0.1, 0.15) is 17.8 Å². The second-order valence-electron chi connectivity index (χ2n) is 9.38. The third-order valence-corrected chi connectivity index (χ3v) is 6.15. The van der Waals surface area contributed by atoms with Gasteiger partial charge in [-0.05, 0) is 62.6 Å². The number of halogens is 2. The predicted molar refractivity (Wildman–Crippen MR) is 132 cm³/mol. The summed E-state index contributed by atoms with van der Waals surface area (Å²) in [5.74, 6) is -0.900. The Hall–Kier alpha value is -2.12. The summed E-state index contributed by atoms with van der Waals surface area (Å²) >= 11 is 12.4. The average molecular weight is 508 g/mol. The van der Waals surface area contributed by atoms with Crippen molar-refractivity contribution in [2.24, 2.45) is 0 Å². The highest BCUT2D eigenvalue weighted by molar-refractivity contribution is 6.30. The number of amides is 1. The van der Waals surface area contributed by atoms with Crippen molar-refractivity contribution in [3.8, 4) is 0 Å². The minimum atomic E-state index is -1.07. The molecule has 0 radical (unpaired) electrons. The van der Waals surface area contributed by atoms with Crippen LogP contribution >= 0.6 is 23.2 Å². The van der Waals surface area contributed by atoms with Gasteiger partial charge in [0, 0.05) is 10.0 Å². The first-order chi connectivity index (χ1) is 16.0. The van der Waals surface area contributed by atoms with E-state index in [4.69, 9.17) is 32.7 Å². The predicted octanol–water partition coefficient (Wildman–Crippen LogP) is 5.51. The minimum Gasteiger partial charge on any atom is -0.460 e. The Morgan fingerprint density at radius 3 is 2.35 bits per heavy atom.